The first-order valence-electron chi connectivity index (χ1n) is 9.83. The molecule has 0 aliphatic heterocycles. The maximum absolute atomic E-state index is 12.2. The van der Waals surface area contributed by atoms with Gasteiger partial charge in [0.1, 0.15) is 5.01 Å². The number of para-hydroxylation sites is 2. The third-order valence-electron chi connectivity index (χ3n) is 4.45. The average molecular weight is 424 g/mol. The van der Waals surface area contributed by atoms with Crippen molar-refractivity contribution < 1.29 is 9.59 Å². The Kier molecular flexibility index (Phi) is 7.91. The Morgan fingerprint density at radius 3 is 2.43 bits per heavy atom. The van der Waals surface area contributed by atoms with E-state index in [0.717, 1.165) is 18.7 Å². The van der Waals surface area contributed by atoms with Crippen molar-refractivity contribution in [2.75, 3.05) is 30.4 Å². The highest BCUT2D eigenvalue weighted by Gasteiger charge is 2.14. The van der Waals surface area contributed by atoms with Crippen LogP contribution in [0, 0.1) is 0 Å². The van der Waals surface area contributed by atoms with Crippen molar-refractivity contribution in [1.82, 2.24) is 15.5 Å². The SMILES string of the molecule is CN(CCCNC(=O)CCc1nnc(C(=O)Nc2ccccc2)s1)c1ccccc1. The molecule has 0 saturated heterocycles. The summed E-state index contributed by atoms with van der Waals surface area (Å²) < 4.78 is 0. The van der Waals surface area contributed by atoms with Crippen molar-refractivity contribution >= 4 is 34.5 Å². The molecule has 30 heavy (non-hydrogen) atoms. The predicted octanol–water partition coefficient (Wildman–Crippen LogP) is 3.37. The van der Waals surface area contributed by atoms with Crippen LogP contribution in [0.2, 0.25) is 0 Å². The number of aryl methyl sites for hydroxylation is 1. The highest BCUT2D eigenvalue weighted by molar-refractivity contribution is 7.13. The number of benzene rings is 2. The number of anilines is 2. The molecule has 2 N–H and O–H groups in total. The first-order valence-corrected chi connectivity index (χ1v) is 10.6. The third kappa shape index (κ3) is 6.66. The Morgan fingerprint density at radius 1 is 1.00 bits per heavy atom. The second-order valence-electron chi connectivity index (χ2n) is 6.78. The summed E-state index contributed by atoms with van der Waals surface area (Å²) in [6, 6.07) is 19.3. The molecule has 7 nitrogen and oxygen atoms in total. The Hall–Kier alpha value is -3.26. The molecule has 0 atom stereocenters. The summed E-state index contributed by atoms with van der Waals surface area (Å²) in [5.41, 5.74) is 1.86. The van der Waals surface area contributed by atoms with Gasteiger partial charge in [-0.15, -0.1) is 10.2 Å². The van der Waals surface area contributed by atoms with Crippen LogP contribution in [0.25, 0.3) is 0 Å². The number of nitrogens with one attached hydrogen (secondary N) is 2. The quantitative estimate of drug-likeness (QED) is 0.488. The van der Waals surface area contributed by atoms with E-state index < -0.39 is 0 Å². The summed E-state index contributed by atoms with van der Waals surface area (Å²) in [7, 11) is 2.04. The molecule has 3 rings (SSSR count). The molecule has 1 heterocycles. The van der Waals surface area contributed by atoms with Gasteiger partial charge in [0.05, 0.1) is 0 Å². The summed E-state index contributed by atoms with van der Waals surface area (Å²) in [5.74, 6) is -0.320. The second-order valence-corrected chi connectivity index (χ2v) is 7.84. The number of aromatic nitrogens is 2. The number of nitrogens with zero attached hydrogens (tertiary/aromatic N) is 3. The zero-order valence-corrected chi connectivity index (χ0v) is 17.7. The van der Waals surface area contributed by atoms with Crippen LogP contribution < -0.4 is 15.5 Å². The van der Waals surface area contributed by atoms with Crippen LogP contribution in [0.5, 0.6) is 0 Å². The van der Waals surface area contributed by atoms with Gasteiger partial charge < -0.3 is 15.5 Å². The van der Waals surface area contributed by atoms with E-state index in [1.807, 2.05) is 55.6 Å². The van der Waals surface area contributed by atoms with E-state index in [4.69, 9.17) is 0 Å². The van der Waals surface area contributed by atoms with Crippen LogP contribution in [0.15, 0.2) is 60.7 Å². The van der Waals surface area contributed by atoms with E-state index in [1.165, 1.54) is 11.3 Å². The second kappa shape index (κ2) is 11.1. The van der Waals surface area contributed by atoms with E-state index in [9.17, 15) is 9.59 Å². The van der Waals surface area contributed by atoms with Crippen molar-refractivity contribution in [3.8, 4) is 0 Å². The van der Waals surface area contributed by atoms with Crippen LogP contribution in [0.1, 0.15) is 27.7 Å². The first kappa shape index (κ1) is 21.4. The molecule has 0 bridgehead atoms. The zero-order valence-electron chi connectivity index (χ0n) is 16.9. The van der Waals surface area contributed by atoms with Gasteiger partial charge in [-0.1, -0.05) is 47.7 Å². The van der Waals surface area contributed by atoms with E-state index >= 15 is 0 Å². The Labute approximate surface area is 180 Å². The lowest BCUT2D eigenvalue weighted by Gasteiger charge is -2.19. The molecule has 0 aliphatic rings. The van der Waals surface area contributed by atoms with Crippen LogP contribution in [0.4, 0.5) is 11.4 Å². The summed E-state index contributed by atoms with van der Waals surface area (Å²) in [6.45, 7) is 1.48. The van der Waals surface area contributed by atoms with Gasteiger partial charge in [0, 0.05) is 44.4 Å². The van der Waals surface area contributed by atoms with Crippen LogP contribution in [0.3, 0.4) is 0 Å². The standard InChI is InChI=1S/C22H25N5O2S/c1-27(18-11-6-3-7-12-18)16-8-15-23-19(28)13-14-20-25-26-22(30-20)21(29)24-17-9-4-2-5-10-17/h2-7,9-12H,8,13-16H2,1H3,(H,23,28)(H,24,29). The minimum Gasteiger partial charge on any atom is -0.375 e. The monoisotopic (exact) mass is 423 g/mol. The zero-order chi connectivity index (χ0) is 21.2. The van der Waals surface area contributed by atoms with Gasteiger partial charge in [-0.2, -0.15) is 0 Å². The van der Waals surface area contributed by atoms with E-state index in [2.05, 4.69) is 37.9 Å². The van der Waals surface area contributed by atoms with Gasteiger partial charge >= 0.3 is 0 Å². The van der Waals surface area contributed by atoms with Crippen molar-refractivity contribution in [3.63, 3.8) is 0 Å². The average Bonchev–Trinajstić information content (AvgIpc) is 3.26. The van der Waals surface area contributed by atoms with Gasteiger partial charge in [0.15, 0.2) is 0 Å². The van der Waals surface area contributed by atoms with Gasteiger partial charge in [0.25, 0.3) is 5.91 Å². The maximum atomic E-state index is 12.2. The summed E-state index contributed by atoms with van der Waals surface area (Å²) in [6.07, 6.45) is 1.65. The lowest BCUT2D eigenvalue weighted by Crippen LogP contribution is -2.28. The minimum absolute atomic E-state index is 0.0251. The fourth-order valence-electron chi connectivity index (χ4n) is 2.82. The molecular weight excluding hydrogens is 398 g/mol. The minimum atomic E-state index is -0.295. The van der Waals surface area contributed by atoms with Crippen molar-refractivity contribution in [2.45, 2.75) is 19.3 Å². The molecule has 8 heteroatoms. The molecule has 0 fully saturated rings. The molecule has 0 unspecified atom stereocenters. The fraction of sp³-hybridized carbons (Fsp3) is 0.273. The molecule has 3 aromatic rings. The molecule has 0 radical (unpaired) electrons. The molecule has 156 valence electrons. The Bertz CT molecular complexity index is 946. The maximum Gasteiger partial charge on any atom is 0.286 e. The Morgan fingerprint density at radius 2 is 1.70 bits per heavy atom. The number of amides is 2. The molecule has 0 spiro atoms. The van der Waals surface area contributed by atoms with E-state index in [-0.39, 0.29) is 11.8 Å². The molecule has 1 aromatic heterocycles. The third-order valence-corrected chi connectivity index (χ3v) is 5.43. The van der Waals surface area contributed by atoms with E-state index in [1.54, 1.807) is 0 Å². The van der Waals surface area contributed by atoms with Gasteiger partial charge in [-0.25, -0.2) is 0 Å². The number of hydrogen-bond donors (Lipinski definition) is 2. The van der Waals surface area contributed by atoms with Gasteiger partial charge in [-0.05, 0) is 30.7 Å². The van der Waals surface area contributed by atoms with Crippen molar-refractivity contribution in [2.24, 2.45) is 0 Å². The van der Waals surface area contributed by atoms with Crippen LogP contribution in [-0.2, 0) is 11.2 Å². The highest BCUT2D eigenvalue weighted by atomic mass is 32.1. The summed E-state index contributed by atoms with van der Waals surface area (Å²) >= 11 is 1.21. The van der Waals surface area contributed by atoms with Crippen molar-refractivity contribution in [1.29, 1.82) is 0 Å². The summed E-state index contributed by atoms with van der Waals surface area (Å²) in [5, 5.41) is 14.6. The van der Waals surface area contributed by atoms with Crippen molar-refractivity contribution in [3.05, 3.63) is 70.7 Å². The number of rotatable bonds is 10. The van der Waals surface area contributed by atoms with Gasteiger partial charge in [0.2, 0.25) is 10.9 Å². The number of carbonyl (C=O) groups excluding carboxylic acids is 2. The number of carbonyl (C=O) groups is 2. The normalized spacial score (nSPS) is 10.4. The highest BCUT2D eigenvalue weighted by Crippen LogP contribution is 2.14. The summed E-state index contributed by atoms with van der Waals surface area (Å²) in [4.78, 5) is 26.4. The lowest BCUT2D eigenvalue weighted by atomic mass is 10.2. The topological polar surface area (TPSA) is 87.2 Å². The fourth-order valence-corrected chi connectivity index (χ4v) is 3.55. The largest absolute Gasteiger partial charge is 0.375 e. The molecular formula is C22H25N5O2S. The first-order chi connectivity index (χ1) is 14.6. The smallest absolute Gasteiger partial charge is 0.286 e. The molecule has 2 aromatic carbocycles. The molecule has 0 aliphatic carbocycles. The van der Waals surface area contributed by atoms with E-state index in [0.29, 0.717) is 35.1 Å². The van der Waals surface area contributed by atoms with Gasteiger partial charge in [-0.3, -0.25) is 9.59 Å². The Balaban J connectivity index is 1.34. The lowest BCUT2D eigenvalue weighted by molar-refractivity contribution is -0.121. The molecule has 2 amide bonds. The van der Waals surface area contributed by atoms with Crippen LogP contribution in [-0.4, -0.2) is 42.1 Å². The predicted molar refractivity (Wildman–Crippen MR) is 120 cm³/mol. The molecule has 0 saturated carbocycles. The number of hydrogen-bond acceptors (Lipinski definition) is 6. The van der Waals surface area contributed by atoms with Crippen LogP contribution >= 0.6 is 11.3 Å².